The average molecular weight is 286 g/mol. The van der Waals surface area contributed by atoms with Crippen molar-refractivity contribution in [3.63, 3.8) is 0 Å². The van der Waals surface area contributed by atoms with Gasteiger partial charge in [-0.2, -0.15) is 0 Å². The minimum Gasteiger partial charge on any atom is -0.534 e. The number of hydrogen-bond donors (Lipinski definition) is 0. The van der Waals surface area contributed by atoms with Gasteiger partial charge in [-0.25, -0.2) is 0 Å². The van der Waals surface area contributed by atoms with E-state index < -0.39 is 5.60 Å². The molecule has 4 nitrogen and oxygen atoms in total. The molecule has 0 atom stereocenters. The first-order chi connectivity index (χ1) is 9.95. The molecule has 0 aromatic heterocycles. The van der Waals surface area contributed by atoms with Gasteiger partial charge in [-0.3, -0.25) is 0 Å². The van der Waals surface area contributed by atoms with Crippen molar-refractivity contribution in [3.8, 4) is 0 Å². The average Bonchev–Trinajstić information content (AvgIpc) is 2.74. The first kappa shape index (κ1) is 14.5. The van der Waals surface area contributed by atoms with Crippen molar-refractivity contribution in [1.82, 2.24) is 4.90 Å². The molecule has 0 bridgehead atoms. The van der Waals surface area contributed by atoms with E-state index in [4.69, 9.17) is 9.31 Å². The van der Waals surface area contributed by atoms with Gasteiger partial charge in [0.15, 0.2) is 0 Å². The third-order valence-corrected chi connectivity index (χ3v) is 4.36. The van der Waals surface area contributed by atoms with Crippen LogP contribution in [-0.2, 0) is 9.31 Å². The second-order valence-corrected chi connectivity index (χ2v) is 6.38. The molecule has 2 heterocycles. The van der Waals surface area contributed by atoms with Gasteiger partial charge in [0.1, 0.15) is 5.60 Å². The highest BCUT2D eigenvalue weighted by Crippen LogP contribution is 2.29. The van der Waals surface area contributed by atoms with Gasteiger partial charge < -0.3 is 19.1 Å². The van der Waals surface area contributed by atoms with Crippen molar-refractivity contribution in [2.24, 2.45) is 0 Å². The summed E-state index contributed by atoms with van der Waals surface area (Å²) in [6.45, 7) is 12.3. The van der Waals surface area contributed by atoms with E-state index in [0.717, 1.165) is 31.6 Å². The summed E-state index contributed by atoms with van der Waals surface area (Å²) >= 11 is 0. The molecule has 112 valence electrons. The monoisotopic (exact) mass is 286 g/mol. The zero-order chi connectivity index (χ0) is 15.0. The van der Waals surface area contributed by atoms with Crippen LogP contribution in [0.1, 0.15) is 13.8 Å². The molecule has 0 N–H and O–H groups in total. The second kappa shape index (κ2) is 5.39. The fourth-order valence-corrected chi connectivity index (χ4v) is 2.67. The smallest absolute Gasteiger partial charge is 0.534 e. The Bertz CT molecular complexity index is 522. The zero-order valence-electron chi connectivity index (χ0n) is 13.1. The Balaban J connectivity index is 1.69. The Morgan fingerprint density at radius 2 is 1.71 bits per heavy atom. The highest BCUT2D eigenvalue weighted by atomic mass is 16.7. The van der Waals surface area contributed by atoms with Crippen molar-refractivity contribution >= 4 is 18.3 Å². The lowest BCUT2D eigenvalue weighted by molar-refractivity contribution is 0.173. The molecule has 0 amide bonds. The van der Waals surface area contributed by atoms with Crippen LogP contribution < -0.4 is 10.4 Å². The summed E-state index contributed by atoms with van der Waals surface area (Å²) in [5, 5.41) is 0. The Labute approximate surface area is 127 Å². The number of rotatable bonds is 2. The third kappa shape index (κ3) is 2.94. The Morgan fingerprint density at radius 1 is 1.10 bits per heavy atom. The highest BCUT2D eigenvalue weighted by Gasteiger charge is 2.42. The van der Waals surface area contributed by atoms with E-state index in [0.29, 0.717) is 5.76 Å². The molecule has 2 aliphatic heterocycles. The van der Waals surface area contributed by atoms with E-state index in [1.165, 1.54) is 5.69 Å². The van der Waals surface area contributed by atoms with Gasteiger partial charge in [0, 0.05) is 31.9 Å². The maximum Gasteiger partial charge on any atom is 0.563 e. The van der Waals surface area contributed by atoms with Gasteiger partial charge in [-0.05, 0) is 38.5 Å². The predicted octanol–water partition coefficient (Wildman–Crippen LogP) is 1.47. The Morgan fingerprint density at radius 3 is 2.24 bits per heavy atom. The largest absolute Gasteiger partial charge is 0.563 e. The molecule has 3 rings (SSSR count). The molecule has 5 heteroatoms. The summed E-state index contributed by atoms with van der Waals surface area (Å²) in [7, 11) is 1.83. The third-order valence-electron chi connectivity index (χ3n) is 4.36. The molecule has 2 fully saturated rings. The molecular weight excluding hydrogens is 263 g/mol. The second-order valence-electron chi connectivity index (χ2n) is 6.38. The first-order valence-electron chi connectivity index (χ1n) is 7.53. The van der Waals surface area contributed by atoms with Crippen molar-refractivity contribution < 1.29 is 9.31 Å². The van der Waals surface area contributed by atoms with Crippen LogP contribution in [0.3, 0.4) is 0 Å². The molecular formula is C16H23BN2O2. The van der Waals surface area contributed by atoms with Gasteiger partial charge >= 0.3 is 7.12 Å². The number of likely N-dealkylation sites (N-methyl/N-ethyl adjacent to an activating group) is 1. The maximum absolute atomic E-state index is 5.90. The van der Waals surface area contributed by atoms with Crippen LogP contribution in [0.5, 0.6) is 0 Å². The topological polar surface area (TPSA) is 24.9 Å². The number of anilines is 1. The van der Waals surface area contributed by atoms with Crippen LogP contribution in [0.25, 0.3) is 0 Å². The summed E-state index contributed by atoms with van der Waals surface area (Å²) in [4.78, 5) is 4.78. The molecule has 1 aromatic carbocycles. The van der Waals surface area contributed by atoms with E-state index in [1.54, 1.807) is 0 Å². The Kier molecular flexibility index (Phi) is 3.72. The van der Waals surface area contributed by atoms with Crippen LogP contribution in [0.15, 0.2) is 36.6 Å². The SMILES string of the molecule is C=C1OB(c2ccc(N3CCN(C)CC3)cc2)OC1(C)C. The van der Waals surface area contributed by atoms with Crippen LogP contribution in [0, 0.1) is 0 Å². The lowest BCUT2D eigenvalue weighted by Gasteiger charge is -2.34. The summed E-state index contributed by atoms with van der Waals surface area (Å²) in [5.41, 5.74) is 1.89. The van der Waals surface area contributed by atoms with Gasteiger partial charge in [0.25, 0.3) is 0 Å². The zero-order valence-corrected chi connectivity index (χ0v) is 13.1. The normalized spacial score (nSPS) is 22.5. The lowest BCUT2D eigenvalue weighted by Crippen LogP contribution is -2.44. The fraction of sp³-hybridized carbons (Fsp3) is 0.500. The summed E-state index contributed by atoms with van der Waals surface area (Å²) < 4.78 is 11.6. The predicted molar refractivity (Wildman–Crippen MR) is 86.9 cm³/mol. The van der Waals surface area contributed by atoms with Crippen LogP contribution >= 0.6 is 0 Å². The van der Waals surface area contributed by atoms with Gasteiger partial charge in [-0.15, -0.1) is 0 Å². The minimum atomic E-state index is -0.416. The molecule has 0 spiro atoms. The maximum atomic E-state index is 5.90. The van der Waals surface area contributed by atoms with Crippen LogP contribution in [-0.4, -0.2) is 50.8 Å². The molecule has 1 aromatic rings. The number of piperazine rings is 1. The van der Waals surface area contributed by atoms with Crippen LogP contribution in [0.2, 0.25) is 0 Å². The van der Waals surface area contributed by atoms with Crippen molar-refractivity contribution in [2.45, 2.75) is 19.4 Å². The molecule has 0 radical (unpaired) electrons. The minimum absolute atomic E-state index is 0.339. The van der Waals surface area contributed by atoms with Crippen molar-refractivity contribution in [3.05, 3.63) is 36.6 Å². The van der Waals surface area contributed by atoms with Crippen molar-refractivity contribution in [2.75, 3.05) is 38.1 Å². The molecule has 0 saturated carbocycles. The van der Waals surface area contributed by atoms with Crippen molar-refractivity contribution in [1.29, 1.82) is 0 Å². The summed E-state index contributed by atoms with van der Waals surface area (Å²) in [5.74, 6) is 0.690. The van der Waals surface area contributed by atoms with E-state index in [9.17, 15) is 0 Å². The summed E-state index contributed by atoms with van der Waals surface area (Å²) in [6, 6.07) is 8.49. The quantitative estimate of drug-likeness (QED) is 0.769. The number of nitrogens with zero attached hydrogens (tertiary/aromatic N) is 2. The van der Waals surface area contributed by atoms with Gasteiger partial charge in [-0.1, -0.05) is 18.7 Å². The lowest BCUT2D eigenvalue weighted by atomic mass is 9.79. The van der Waals surface area contributed by atoms with E-state index in [1.807, 2.05) is 13.8 Å². The standard InChI is InChI=1S/C16H23BN2O2/c1-13-16(2,3)21-17(20-13)14-5-7-15(8-6-14)19-11-9-18(4)10-12-19/h5-8H,1,9-12H2,2-4H3. The molecule has 2 saturated heterocycles. The Hall–Kier alpha value is -1.46. The van der Waals surface area contributed by atoms with E-state index in [-0.39, 0.29) is 7.12 Å². The molecule has 0 aliphatic carbocycles. The molecule has 2 aliphatic rings. The van der Waals surface area contributed by atoms with E-state index >= 15 is 0 Å². The molecule has 0 unspecified atom stereocenters. The van der Waals surface area contributed by atoms with Gasteiger partial charge in [0.2, 0.25) is 0 Å². The first-order valence-corrected chi connectivity index (χ1v) is 7.53. The summed E-state index contributed by atoms with van der Waals surface area (Å²) in [6.07, 6.45) is 0. The van der Waals surface area contributed by atoms with Gasteiger partial charge in [0.05, 0.1) is 5.76 Å². The highest BCUT2D eigenvalue weighted by molar-refractivity contribution is 6.62. The van der Waals surface area contributed by atoms with E-state index in [2.05, 4.69) is 47.7 Å². The number of hydrogen-bond acceptors (Lipinski definition) is 4. The van der Waals surface area contributed by atoms with Crippen LogP contribution in [0.4, 0.5) is 5.69 Å². The number of benzene rings is 1. The molecule has 21 heavy (non-hydrogen) atoms. The fourth-order valence-electron chi connectivity index (χ4n) is 2.67.